The van der Waals surface area contributed by atoms with Gasteiger partial charge < -0.3 is 10.2 Å². The van der Waals surface area contributed by atoms with Crippen molar-refractivity contribution in [1.82, 2.24) is 15.2 Å². The van der Waals surface area contributed by atoms with Crippen LogP contribution in [0.4, 0.5) is 4.79 Å². The molecule has 5 heteroatoms. The summed E-state index contributed by atoms with van der Waals surface area (Å²) in [6.07, 6.45) is 1.77. The fourth-order valence-corrected chi connectivity index (χ4v) is 2.54. The topological polar surface area (TPSA) is 45.2 Å². The number of hydrogen-bond donors (Lipinski definition) is 1. The van der Waals surface area contributed by atoms with E-state index in [9.17, 15) is 4.79 Å². The van der Waals surface area contributed by atoms with Gasteiger partial charge in [-0.05, 0) is 37.6 Å². The molecule has 20 heavy (non-hydrogen) atoms. The maximum Gasteiger partial charge on any atom is 0.317 e. The molecule has 0 saturated carbocycles. The van der Waals surface area contributed by atoms with Gasteiger partial charge in [-0.2, -0.15) is 0 Å². The first-order valence-electron chi connectivity index (χ1n) is 6.71. The van der Waals surface area contributed by atoms with E-state index in [1.807, 2.05) is 32.0 Å². The Balaban J connectivity index is 2.13. The average Bonchev–Trinajstić information content (AvgIpc) is 2.46. The van der Waals surface area contributed by atoms with Crippen molar-refractivity contribution in [2.24, 2.45) is 0 Å². The summed E-state index contributed by atoms with van der Waals surface area (Å²) in [7, 11) is 0. The van der Waals surface area contributed by atoms with E-state index in [-0.39, 0.29) is 6.03 Å². The normalized spacial score (nSPS) is 10.6. The van der Waals surface area contributed by atoms with Crippen molar-refractivity contribution in [2.45, 2.75) is 20.4 Å². The largest absolute Gasteiger partial charge is 0.334 e. The zero-order valence-electron chi connectivity index (χ0n) is 11.7. The van der Waals surface area contributed by atoms with Gasteiger partial charge in [0.1, 0.15) is 0 Å². The molecule has 4 nitrogen and oxygen atoms in total. The van der Waals surface area contributed by atoms with Crippen molar-refractivity contribution in [3.8, 4) is 0 Å². The van der Waals surface area contributed by atoms with Crippen molar-refractivity contribution >= 4 is 32.9 Å². The number of amides is 2. The van der Waals surface area contributed by atoms with Gasteiger partial charge in [-0.1, -0.05) is 22.0 Å². The molecule has 0 aliphatic heterocycles. The second kappa shape index (κ2) is 6.70. The van der Waals surface area contributed by atoms with E-state index < -0.39 is 0 Å². The molecule has 106 valence electrons. The van der Waals surface area contributed by atoms with Gasteiger partial charge in [-0.3, -0.25) is 4.98 Å². The predicted octanol–water partition coefficient (Wildman–Crippen LogP) is 3.55. The van der Waals surface area contributed by atoms with Crippen LogP contribution in [-0.4, -0.2) is 29.0 Å². The van der Waals surface area contributed by atoms with Gasteiger partial charge >= 0.3 is 6.03 Å². The average molecular weight is 336 g/mol. The third-order valence-electron chi connectivity index (χ3n) is 3.25. The highest BCUT2D eigenvalue weighted by molar-refractivity contribution is 9.10. The summed E-state index contributed by atoms with van der Waals surface area (Å²) in [5.74, 6) is 0. The smallest absolute Gasteiger partial charge is 0.317 e. The summed E-state index contributed by atoms with van der Waals surface area (Å²) in [5, 5.41) is 4.02. The standard InChI is InChI=1S/C15H18BrN3O/c1-3-19(4-2)15(20)18-10-12-8-11-6-5-7-17-14(11)9-13(12)16/h5-9H,3-4,10H2,1-2H3,(H,18,20). The first kappa shape index (κ1) is 14.8. The number of nitrogens with zero attached hydrogens (tertiary/aromatic N) is 2. The van der Waals surface area contributed by atoms with Gasteiger partial charge in [0.05, 0.1) is 5.52 Å². The zero-order valence-corrected chi connectivity index (χ0v) is 13.3. The Morgan fingerprint density at radius 1 is 1.35 bits per heavy atom. The van der Waals surface area contributed by atoms with E-state index in [0.717, 1.165) is 20.9 Å². The molecule has 1 N–H and O–H groups in total. The summed E-state index contributed by atoms with van der Waals surface area (Å²) in [6, 6.07) is 7.93. The minimum absolute atomic E-state index is 0.0341. The van der Waals surface area contributed by atoms with E-state index in [2.05, 4.69) is 32.3 Å². The van der Waals surface area contributed by atoms with Crippen LogP contribution in [0, 0.1) is 0 Å². The Hall–Kier alpha value is -1.62. The van der Waals surface area contributed by atoms with Crippen LogP contribution in [0.2, 0.25) is 0 Å². The molecule has 1 aromatic heterocycles. The molecule has 1 heterocycles. The molecule has 0 spiro atoms. The first-order valence-corrected chi connectivity index (χ1v) is 7.51. The van der Waals surface area contributed by atoms with Crippen molar-refractivity contribution in [3.05, 3.63) is 40.5 Å². The van der Waals surface area contributed by atoms with Gasteiger partial charge in [0.25, 0.3) is 0 Å². The van der Waals surface area contributed by atoms with E-state index in [0.29, 0.717) is 19.6 Å². The second-order valence-corrected chi connectivity index (χ2v) is 5.33. The number of hydrogen-bond acceptors (Lipinski definition) is 2. The number of halogens is 1. The summed E-state index contributed by atoms with van der Waals surface area (Å²) < 4.78 is 0.962. The number of aromatic nitrogens is 1. The number of pyridine rings is 1. The minimum Gasteiger partial charge on any atom is -0.334 e. The summed E-state index contributed by atoms with van der Waals surface area (Å²) in [4.78, 5) is 18.0. The van der Waals surface area contributed by atoms with Gasteiger partial charge in [0.2, 0.25) is 0 Å². The van der Waals surface area contributed by atoms with Gasteiger partial charge in [-0.15, -0.1) is 0 Å². The number of fused-ring (bicyclic) bond motifs is 1. The number of urea groups is 1. The maximum absolute atomic E-state index is 11.9. The van der Waals surface area contributed by atoms with Crippen LogP contribution >= 0.6 is 15.9 Å². The van der Waals surface area contributed by atoms with Crippen molar-refractivity contribution < 1.29 is 4.79 Å². The predicted molar refractivity (Wildman–Crippen MR) is 84.6 cm³/mol. The lowest BCUT2D eigenvalue weighted by Crippen LogP contribution is -2.39. The fourth-order valence-electron chi connectivity index (χ4n) is 2.07. The van der Waals surface area contributed by atoms with Crippen LogP contribution in [0.5, 0.6) is 0 Å². The number of rotatable bonds is 4. The summed E-state index contributed by atoms with van der Waals surface area (Å²) in [5.41, 5.74) is 1.99. The molecular weight excluding hydrogens is 318 g/mol. The third-order valence-corrected chi connectivity index (χ3v) is 3.99. The van der Waals surface area contributed by atoms with Crippen LogP contribution in [0.1, 0.15) is 19.4 Å². The summed E-state index contributed by atoms with van der Waals surface area (Å²) >= 11 is 3.53. The molecule has 0 saturated heterocycles. The highest BCUT2D eigenvalue weighted by Gasteiger charge is 2.10. The highest BCUT2D eigenvalue weighted by atomic mass is 79.9. The second-order valence-electron chi connectivity index (χ2n) is 4.47. The molecule has 0 unspecified atom stereocenters. The molecule has 2 rings (SSSR count). The SMILES string of the molecule is CCN(CC)C(=O)NCc1cc2cccnc2cc1Br. The van der Waals surface area contributed by atoms with Crippen LogP contribution < -0.4 is 5.32 Å². The Labute approximate surface area is 127 Å². The number of carbonyl (C=O) groups is 1. The van der Waals surface area contributed by atoms with Gasteiger partial charge in [-0.25, -0.2) is 4.79 Å². The van der Waals surface area contributed by atoms with Gasteiger partial charge in [0, 0.05) is 35.7 Å². The minimum atomic E-state index is -0.0341. The number of carbonyl (C=O) groups excluding carboxylic acids is 1. The Bertz CT molecular complexity index is 611. The Morgan fingerprint density at radius 2 is 2.10 bits per heavy atom. The van der Waals surface area contributed by atoms with Gasteiger partial charge in [0.15, 0.2) is 0 Å². The van der Waals surface area contributed by atoms with Crippen molar-refractivity contribution in [3.63, 3.8) is 0 Å². The van der Waals surface area contributed by atoms with Crippen LogP contribution in [0.25, 0.3) is 10.9 Å². The third kappa shape index (κ3) is 3.28. The molecule has 0 atom stereocenters. The summed E-state index contributed by atoms with van der Waals surface area (Å²) in [6.45, 7) is 5.87. The van der Waals surface area contributed by atoms with Crippen LogP contribution in [-0.2, 0) is 6.54 Å². The molecule has 0 fully saturated rings. The molecule has 0 aliphatic rings. The van der Waals surface area contributed by atoms with Crippen LogP contribution in [0.15, 0.2) is 34.9 Å². The Kier molecular flexibility index (Phi) is 4.95. The van der Waals surface area contributed by atoms with Crippen molar-refractivity contribution in [2.75, 3.05) is 13.1 Å². The lowest BCUT2D eigenvalue weighted by molar-refractivity contribution is 0.203. The highest BCUT2D eigenvalue weighted by Crippen LogP contribution is 2.23. The van der Waals surface area contributed by atoms with E-state index in [1.54, 1.807) is 11.1 Å². The number of nitrogens with one attached hydrogen (secondary N) is 1. The van der Waals surface area contributed by atoms with E-state index >= 15 is 0 Å². The lowest BCUT2D eigenvalue weighted by atomic mass is 10.1. The maximum atomic E-state index is 11.9. The lowest BCUT2D eigenvalue weighted by Gasteiger charge is -2.19. The number of benzene rings is 1. The zero-order chi connectivity index (χ0) is 14.5. The van der Waals surface area contributed by atoms with Crippen molar-refractivity contribution in [1.29, 1.82) is 0 Å². The first-order chi connectivity index (χ1) is 9.65. The Morgan fingerprint density at radius 3 is 2.80 bits per heavy atom. The van der Waals surface area contributed by atoms with Crippen LogP contribution in [0.3, 0.4) is 0 Å². The molecule has 1 aromatic carbocycles. The molecule has 0 radical (unpaired) electrons. The quantitative estimate of drug-likeness (QED) is 0.928. The molecule has 0 bridgehead atoms. The van der Waals surface area contributed by atoms with E-state index in [1.165, 1.54) is 0 Å². The molecule has 0 aliphatic carbocycles. The van der Waals surface area contributed by atoms with E-state index in [4.69, 9.17) is 0 Å². The molecule has 2 aromatic rings. The fraction of sp³-hybridized carbons (Fsp3) is 0.333. The molecular formula is C15H18BrN3O. The monoisotopic (exact) mass is 335 g/mol. The molecule has 2 amide bonds.